The molecule has 0 aliphatic rings. The summed E-state index contributed by atoms with van der Waals surface area (Å²) in [4.78, 5) is 0. The van der Waals surface area contributed by atoms with Crippen LogP contribution in [0.4, 0.5) is 0 Å². The minimum absolute atomic E-state index is 0. The maximum absolute atomic E-state index is 9.66. The maximum atomic E-state index is 9.66. The Hall–Kier alpha value is 1.59. The average Bonchev–Trinajstić information content (AvgIpc) is 1.14. The zero-order chi connectivity index (χ0) is 7.71. The Labute approximate surface area is 103 Å². The van der Waals surface area contributed by atoms with Crippen LogP contribution in [-0.2, 0) is 20.2 Å². The molecule has 0 amide bonds. The molecule has 0 saturated heterocycles. The molecule has 0 aliphatic carbocycles. The topological polar surface area (TPSA) is 109 Å². The third kappa shape index (κ3) is 18.5. The quantitative estimate of drug-likeness (QED) is 0.388. The molecule has 2 N–H and O–H groups in total. The third-order valence-electron chi connectivity index (χ3n) is 0.298. The van der Waals surface area contributed by atoms with Gasteiger partial charge in [0, 0.05) is 0 Å². The van der Waals surface area contributed by atoms with E-state index in [-0.39, 0.29) is 52.6 Å². The molecular formula is CH7MgNaO6S2. The van der Waals surface area contributed by atoms with Gasteiger partial charge >= 0.3 is 52.6 Å². The summed E-state index contributed by atoms with van der Waals surface area (Å²) in [5.41, 5.74) is 0. The Morgan fingerprint density at radius 2 is 1.09 bits per heavy atom. The van der Waals surface area contributed by atoms with E-state index in [4.69, 9.17) is 9.11 Å². The van der Waals surface area contributed by atoms with E-state index in [1.165, 1.54) is 0 Å². The van der Waals surface area contributed by atoms with E-state index in [0.717, 1.165) is 0 Å². The first-order valence-electron chi connectivity index (χ1n) is 1.61. The van der Waals surface area contributed by atoms with E-state index in [0.29, 0.717) is 0 Å². The SMILES string of the molecule is O=S(=O)(O)CS(=O)(=O)O.[MgH2].[NaH]. The molecule has 0 radical (unpaired) electrons. The van der Waals surface area contributed by atoms with E-state index >= 15 is 0 Å². The van der Waals surface area contributed by atoms with Crippen LogP contribution >= 0.6 is 0 Å². The third-order valence-corrected chi connectivity index (χ3v) is 2.68. The van der Waals surface area contributed by atoms with Gasteiger partial charge < -0.3 is 0 Å². The summed E-state index contributed by atoms with van der Waals surface area (Å²) in [7, 11) is -9.24. The Bertz CT molecular complexity index is 246. The first-order valence-corrected chi connectivity index (χ1v) is 4.83. The second kappa shape index (κ2) is 6.10. The van der Waals surface area contributed by atoms with Gasteiger partial charge in [0.15, 0.2) is 0 Å². The van der Waals surface area contributed by atoms with Crippen LogP contribution in [0.5, 0.6) is 0 Å². The number of rotatable bonds is 2. The molecule has 0 aromatic carbocycles. The molecule has 0 heterocycles. The molecule has 0 aromatic heterocycles. The van der Waals surface area contributed by atoms with Crippen molar-refractivity contribution < 1.29 is 25.9 Å². The normalized spacial score (nSPS) is 11.1. The fourth-order valence-electron chi connectivity index (χ4n) is 0.188. The molecule has 10 heteroatoms. The van der Waals surface area contributed by atoms with E-state index < -0.39 is 25.3 Å². The van der Waals surface area contributed by atoms with Crippen LogP contribution in [0.25, 0.3) is 0 Å². The van der Waals surface area contributed by atoms with Crippen molar-refractivity contribution in [2.75, 3.05) is 5.08 Å². The average molecular weight is 226 g/mol. The standard InChI is InChI=1S/CH4O6S2.Mg.Na.3H/c2-8(3,4)1-9(5,6)7;;;;;/h1H2,(H,2,3,4)(H,5,6,7);;;;;. The Balaban J connectivity index is -0.000000320. The van der Waals surface area contributed by atoms with Gasteiger partial charge in [-0.15, -0.1) is 0 Å². The molecule has 11 heavy (non-hydrogen) atoms. The number of hydrogen-bond donors (Lipinski definition) is 2. The molecule has 6 nitrogen and oxygen atoms in total. The zero-order valence-electron chi connectivity index (χ0n) is 4.05. The summed E-state index contributed by atoms with van der Waals surface area (Å²) in [6.45, 7) is 0. The van der Waals surface area contributed by atoms with Crippen LogP contribution in [0.3, 0.4) is 0 Å². The van der Waals surface area contributed by atoms with Crippen molar-refractivity contribution >= 4 is 72.8 Å². The first kappa shape index (κ1) is 18.4. The Kier molecular flexibility index (Phi) is 10.2. The van der Waals surface area contributed by atoms with E-state index in [9.17, 15) is 16.8 Å². The second-order valence-corrected chi connectivity index (χ2v) is 4.55. The molecule has 0 aromatic rings. The van der Waals surface area contributed by atoms with E-state index in [2.05, 4.69) is 0 Å². The molecular weight excluding hydrogens is 219 g/mol. The zero-order valence-corrected chi connectivity index (χ0v) is 5.68. The molecule has 0 spiro atoms. The second-order valence-electron chi connectivity index (χ2n) is 1.28. The van der Waals surface area contributed by atoms with Gasteiger partial charge in [0.05, 0.1) is 0 Å². The van der Waals surface area contributed by atoms with Crippen LogP contribution in [0.2, 0.25) is 0 Å². The van der Waals surface area contributed by atoms with E-state index in [1.807, 2.05) is 0 Å². The van der Waals surface area contributed by atoms with Crippen LogP contribution in [0, 0.1) is 0 Å². The summed E-state index contributed by atoms with van der Waals surface area (Å²) < 4.78 is 54.2. The van der Waals surface area contributed by atoms with Gasteiger partial charge in [-0.25, -0.2) is 0 Å². The molecule has 0 aliphatic heterocycles. The van der Waals surface area contributed by atoms with Crippen molar-refractivity contribution in [3.05, 3.63) is 0 Å². The molecule has 0 fully saturated rings. The first-order chi connectivity index (χ1) is 3.71. The van der Waals surface area contributed by atoms with Crippen molar-refractivity contribution in [1.82, 2.24) is 0 Å². The predicted molar refractivity (Wildman–Crippen MR) is 43.7 cm³/mol. The van der Waals surface area contributed by atoms with Crippen LogP contribution in [0.1, 0.15) is 0 Å². The van der Waals surface area contributed by atoms with Crippen LogP contribution < -0.4 is 0 Å². The van der Waals surface area contributed by atoms with Crippen molar-refractivity contribution in [1.29, 1.82) is 0 Å². The van der Waals surface area contributed by atoms with Crippen molar-refractivity contribution in [3.8, 4) is 0 Å². The van der Waals surface area contributed by atoms with Gasteiger partial charge in [0.1, 0.15) is 0 Å². The molecule has 0 unspecified atom stereocenters. The van der Waals surface area contributed by atoms with Gasteiger partial charge in [-0.3, -0.25) is 9.11 Å². The summed E-state index contributed by atoms with van der Waals surface area (Å²) >= 11 is 0. The molecule has 0 rings (SSSR count). The number of hydrogen-bond acceptors (Lipinski definition) is 4. The monoisotopic (exact) mass is 226 g/mol. The molecule has 0 bridgehead atoms. The molecule has 62 valence electrons. The van der Waals surface area contributed by atoms with Gasteiger partial charge in [0.2, 0.25) is 5.08 Å². The van der Waals surface area contributed by atoms with Crippen molar-refractivity contribution in [2.24, 2.45) is 0 Å². The van der Waals surface area contributed by atoms with E-state index in [1.54, 1.807) is 0 Å². The summed E-state index contributed by atoms with van der Waals surface area (Å²) in [6, 6.07) is 0. The van der Waals surface area contributed by atoms with Crippen molar-refractivity contribution in [3.63, 3.8) is 0 Å². The fourth-order valence-corrected chi connectivity index (χ4v) is 1.69. The fraction of sp³-hybridized carbons (Fsp3) is 1.00. The Morgan fingerprint density at radius 3 is 1.09 bits per heavy atom. The summed E-state index contributed by atoms with van der Waals surface area (Å²) in [5, 5.41) is -1.65. The van der Waals surface area contributed by atoms with Crippen LogP contribution in [0.15, 0.2) is 0 Å². The summed E-state index contributed by atoms with van der Waals surface area (Å²) in [5.74, 6) is 0. The molecule has 0 saturated carbocycles. The van der Waals surface area contributed by atoms with Gasteiger partial charge in [-0.2, -0.15) is 16.8 Å². The van der Waals surface area contributed by atoms with Gasteiger partial charge in [0.25, 0.3) is 20.2 Å². The van der Waals surface area contributed by atoms with Crippen LogP contribution in [-0.4, -0.2) is 83.6 Å². The predicted octanol–water partition coefficient (Wildman–Crippen LogP) is -2.85. The molecule has 0 atom stereocenters. The van der Waals surface area contributed by atoms with Gasteiger partial charge in [-0.1, -0.05) is 0 Å². The Morgan fingerprint density at radius 1 is 0.909 bits per heavy atom. The minimum atomic E-state index is -4.62. The summed E-state index contributed by atoms with van der Waals surface area (Å²) in [6.07, 6.45) is 0. The van der Waals surface area contributed by atoms with Gasteiger partial charge in [-0.05, 0) is 0 Å². The van der Waals surface area contributed by atoms with Crippen molar-refractivity contribution in [2.45, 2.75) is 0 Å².